The van der Waals surface area contributed by atoms with Gasteiger partial charge in [0.15, 0.2) is 0 Å². The molecule has 0 aliphatic heterocycles. The summed E-state index contributed by atoms with van der Waals surface area (Å²) in [6.07, 6.45) is 0.614. The fourth-order valence-corrected chi connectivity index (χ4v) is 2.96. The predicted octanol–water partition coefficient (Wildman–Crippen LogP) is 4.59. The van der Waals surface area contributed by atoms with Gasteiger partial charge < -0.3 is 9.84 Å². The first-order valence-corrected chi connectivity index (χ1v) is 9.59. The normalized spacial score (nSPS) is 12.6. The van der Waals surface area contributed by atoms with Gasteiger partial charge in [0.1, 0.15) is 18.5 Å². The minimum Gasteiger partial charge on any atom is -0.491 e. The molecule has 142 valence electrons. The van der Waals surface area contributed by atoms with E-state index >= 15 is 0 Å². The van der Waals surface area contributed by atoms with Gasteiger partial charge in [0.05, 0.1) is 0 Å². The first-order valence-electron chi connectivity index (χ1n) is 9.59. The van der Waals surface area contributed by atoms with Crippen LogP contribution in [0.3, 0.4) is 0 Å². The van der Waals surface area contributed by atoms with Gasteiger partial charge in [-0.2, -0.15) is 0 Å². The minimum atomic E-state index is -0.509. The number of hydrogen-bond donors (Lipinski definition) is 1. The van der Waals surface area contributed by atoms with E-state index < -0.39 is 6.10 Å². The standard InChI is InChI=1S/C23H33NO2/c1-18(2)13-14-24(15-21-11-7-5-9-19(21)3)16-22(25)17-26-23-12-8-6-10-20(23)4/h5-12,18,22,25H,13-17H2,1-4H3. The molecule has 1 N–H and O–H groups in total. The zero-order chi connectivity index (χ0) is 18.9. The Balaban J connectivity index is 1.94. The highest BCUT2D eigenvalue weighted by Gasteiger charge is 2.15. The lowest BCUT2D eigenvalue weighted by Crippen LogP contribution is -2.36. The van der Waals surface area contributed by atoms with Crippen molar-refractivity contribution in [2.24, 2.45) is 5.92 Å². The lowest BCUT2D eigenvalue weighted by atomic mass is 10.1. The van der Waals surface area contributed by atoms with Gasteiger partial charge in [0.25, 0.3) is 0 Å². The molecule has 0 bridgehead atoms. The number of aliphatic hydroxyl groups is 1. The van der Waals surface area contributed by atoms with E-state index in [0.717, 1.165) is 30.8 Å². The number of ether oxygens (including phenoxy) is 1. The van der Waals surface area contributed by atoms with Crippen LogP contribution in [0.4, 0.5) is 0 Å². The third-order valence-electron chi connectivity index (χ3n) is 4.67. The van der Waals surface area contributed by atoms with Crippen molar-refractivity contribution in [2.45, 2.75) is 46.8 Å². The van der Waals surface area contributed by atoms with Gasteiger partial charge in [-0.25, -0.2) is 0 Å². The summed E-state index contributed by atoms with van der Waals surface area (Å²) in [5, 5.41) is 10.5. The van der Waals surface area contributed by atoms with Crippen molar-refractivity contribution in [2.75, 3.05) is 19.7 Å². The first-order chi connectivity index (χ1) is 12.5. The topological polar surface area (TPSA) is 32.7 Å². The molecule has 0 saturated heterocycles. The number of hydrogen-bond acceptors (Lipinski definition) is 3. The van der Waals surface area contributed by atoms with Crippen LogP contribution in [-0.2, 0) is 6.54 Å². The molecule has 1 unspecified atom stereocenters. The molecule has 0 heterocycles. The molecule has 0 fully saturated rings. The average Bonchev–Trinajstić information content (AvgIpc) is 2.61. The monoisotopic (exact) mass is 355 g/mol. The number of nitrogens with zero attached hydrogens (tertiary/aromatic N) is 1. The second-order valence-electron chi connectivity index (χ2n) is 7.57. The Morgan fingerprint density at radius 2 is 1.62 bits per heavy atom. The third-order valence-corrected chi connectivity index (χ3v) is 4.67. The number of rotatable bonds is 10. The van der Waals surface area contributed by atoms with Crippen LogP contribution in [0.25, 0.3) is 0 Å². The number of benzene rings is 2. The van der Waals surface area contributed by atoms with Crippen LogP contribution < -0.4 is 4.74 Å². The number of aryl methyl sites for hydroxylation is 2. The maximum absolute atomic E-state index is 10.5. The molecule has 0 radical (unpaired) electrons. The van der Waals surface area contributed by atoms with E-state index in [2.05, 4.69) is 49.9 Å². The van der Waals surface area contributed by atoms with E-state index in [4.69, 9.17) is 4.74 Å². The number of aliphatic hydroxyl groups excluding tert-OH is 1. The van der Waals surface area contributed by atoms with Gasteiger partial charge in [-0.05, 0) is 55.5 Å². The quantitative estimate of drug-likeness (QED) is 0.676. The summed E-state index contributed by atoms with van der Waals surface area (Å²) in [7, 11) is 0. The highest BCUT2D eigenvalue weighted by Crippen LogP contribution is 2.17. The van der Waals surface area contributed by atoms with E-state index in [1.54, 1.807) is 0 Å². The lowest BCUT2D eigenvalue weighted by molar-refractivity contribution is 0.0636. The van der Waals surface area contributed by atoms with E-state index in [0.29, 0.717) is 19.1 Å². The smallest absolute Gasteiger partial charge is 0.122 e. The summed E-state index contributed by atoms with van der Waals surface area (Å²) in [5.41, 5.74) is 3.72. The van der Waals surface area contributed by atoms with Crippen molar-refractivity contribution in [1.29, 1.82) is 0 Å². The van der Waals surface area contributed by atoms with E-state index in [9.17, 15) is 5.11 Å². The van der Waals surface area contributed by atoms with Gasteiger partial charge in [-0.1, -0.05) is 56.3 Å². The highest BCUT2D eigenvalue weighted by atomic mass is 16.5. The zero-order valence-electron chi connectivity index (χ0n) is 16.6. The van der Waals surface area contributed by atoms with Gasteiger partial charge in [-0.3, -0.25) is 4.90 Å². The van der Waals surface area contributed by atoms with Crippen molar-refractivity contribution >= 4 is 0 Å². The molecular weight excluding hydrogens is 322 g/mol. The second kappa shape index (κ2) is 10.3. The maximum Gasteiger partial charge on any atom is 0.122 e. The van der Waals surface area contributed by atoms with Crippen LogP contribution in [-0.4, -0.2) is 35.8 Å². The molecule has 0 aliphatic rings. The third kappa shape index (κ3) is 6.81. The molecule has 26 heavy (non-hydrogen) atoms. The van der Waals surface area contributed by atoms with E-state index in [1.807, 2.05) is 31.2 Å². The first kappa shape index (κ1) is 20.5. The Labute approximate surface area is 158 Å². The molecule has 0 aromatic heterocycles. The zero-order valence-corrected chi connectivity index (χ0v) is 16.6. The van der Waals surface area contributed by atoms with Crippen LogP contribution in [0.2, 0.25) is 0 Å². The molecule has 3 heteroatoms. The predicted molar refractivity (Wildman–Crippen MR) is 109 cm³/mol. The van der Waals surface area contributed by atoms with Crippen molar-refractivity contribution in [3.8, 4) is 5.75 Å². The largest absolute Gasteiger partial charge is 0.491 e. The SMILES string of the molecule is Cc1ccccc1CN(CCC(C)C)CC(O)COc1ccccc1C. The van der Waals surface area contributed by atoms with Crippen LogP contribution in [0, 0.1) is 19.8 Å². The van der Waals surface area contributed by atoms with Gasteiger partial charge in [0, 0.05) is 13.1 Å². The summed E-state index contributed by atoms with van der Waals surface area (Å²) in [6, 6.07) is 16.4. The van der Waals surface area contributed by atoms with E-state index in [-0.39, 0.29) is 0 Å². The van der Waals surface area contributed by atoms with Crippen molar-refractivity contribution in [1.82, 2.24) is 4.90 Å². The van der Waals surface area contributed by atoms with Crippen LogP contribution in [0.5, 0.6) is 5.75 Å². The Hall–Kier alpha value is -1.84. The molecule has 1 atom stereocenters. The van der Waals surface area contributed by atoms with E-state index in [1.165, 1.54) is 11.1 Å². The fourth-order valence-electron chi connectivity index (χ4n) is 2.96. The van der Waals surface area contributed by atoms with Gasteiger partial charge >= 0.3 is 0 Å². The van der Waals surface area contributed by atoms with Crippen molar-refractivity contribution < 1.29 is 9.84 Å². The molecule has 2 aromatic rings. The molecule has 0 saturated carbocycles. The maximum atomic E-state index is 10.5. The lowest BCUT2D eigenvalue weighted by Gasteiger charge is -2.26. The molecular formula is C23H33NO2. The number of para-hydroxylation sites is 1. The molecule has 0 amide bonds. The highest BCUT2D eigenvalue weighted by molar-refractivity contribution is 5.31. The summed E-state index contributed by atoms with van der Waals surface area (Å²) in [5.74, 6) is 1.49. The molecule has 0 aliphatic carbocycles. The van der Waals surface area contributed by atoms with Gasteiger partial charge in [0.2, 0.25) is 0 Å². The fraction of sp³-hybridized carbons (Fsp3) is 0.478. The molecule has 0 spiro atoms. The Bertz CT molecular complexity index is 669. The van der Waals surface area contributed by atoms with Crippen molar-refractivity contribution in [3.05, 3.63) is 65.2 Å². The van der Waals surface area contributed by atoms with Crippen molar-refractivity contribution in [3.63, 3.8) is 0 Å². The summed E-state index contributed by atoms with van der Waals surface area (Å²) in [6.45, 7) is 11.4. The molecule has 3 nitrogen and oxygen atoms in total. The summed E-state index contributed by atoms with van der Waals surface area (Å²) < 4.78 is 5.82. The van der Waals surface area contributed by atoms with Crippen LogP contribution in [0.1, 0.15) is 37.0 Å². The second-order valence-corrected chi connectivity index (χ2v) is 7.57. The Morgan fingerprint density at radius 1 is 0.962 bits per heavy atom. The summed E-state index contributed by atoms with van der Waals surface area (Å²) in [4.78, 5) is 2.34. The van der Waals surface area contributed by atoms with Crippen LogP contribution in [0.15, 0.2) is 48.5 Å². The average molecular weight is 356 g/mol. The Morgan fingerprint density at radius 3 is 2.27 bits per heavy atom. The van der Waals surface area contributed by atoms with Crippen LogP contribution >= 0.6 is 0 Å². The summed E-state index contributed by atoms with van der Waals surface area (Å²) >= 11 is 0. The molecule has 2 aromatic carbocycles. The minimum absolute atomic E-state index is 0.316. The molecule has 2 rings (SSSR count). The van der Waals surface area contributed by atoms with Gasteiger partial charge in [-0.15, -0.1) is 0 Å². The Kier molecular flexibility index (Phi) is 8.14.